The van der Waals surface area contributed by atoms with Crippen LogP contribution in [0.1, 0.15) is 41.5 Å². The van der Waals surface area contributed by atoms with Crippen molar-refractivity contribution < 1.29 is 18.0 Å². The fraction of sp³-hybridized carbons (Fsp3) is 0.320. The van der Waals surface area contributed by atoms with Gasteiger partial charge in [0.25, 0.3) is 0 Å². The average molecular weight is 480 g/mol. The molecule has 6 rings (SSSR count). The van der Waals surface area contributed by atoms with Gasteiger partial charge in [-0.25, -0.2) is 27.9 Å². The molecule has 7 nitrogen and oxygen atoms in total. The first-order valence-corrected chi connectivity index (χ1v) is 11.5. The Labute approximate surface area is 200 Å². The molecule has 1 aromatic heterocycles. The highest BCUT2D eigenvalue weighted by Crippen LogP contribution is 2.44. The fourth-order valence-corrected chi connectivity index (χ4v) is 5.32. The van der Waals surface area contributed by atoms with Crippen molar-refractivity contribution in [2.45, 2.75) is 30.8 Å². The van der Waals surface area contributed by atoms with Gasteiger partial charge in [-0.05, 0) is 48.7 Å². The number of amides is 2. The molecule has 1 saturated carbocycles. The number of nitrogens with zero attached hydrogens (tertiary/aromatic N) is 5. The summed E-state index contributed by atoms with van der Waals surface area (Å²) in [5.41, 5.74) is 7.69. The predicted molar refractivity (Wildman–Crippen MR) is 125 cm³/mol. The van der Waals surface area contributed by atoms with Gasteiger partial charge in [0.15, 0.2) is 0 Å². The van der Waals surface area contributed by atoms with Crippen LogP contribution in [0.5, 0.6) is 0 Å². The molecule has 2 fully saturated rings. The molecule has 3 heterocycles. The molecule has 2 N–H and O–H groups in total. The summed E-state index contributed by atoms with van der Waals surface area (Å²) in [6.07, 6.45) is 2.99. The Morgan fingerprint density at radius 1 is 0.971 bits per heavy atom. The van der Waals surface area contributed by atoms with Crippen molar-refractivity contribution in [3.05, 3.63) is 76.9 Å². The van der Waals surface area contributed by atoms with Gasteiger partial charge in [-0.1, -0.05) is 6.07 Å². The highest BCUT2D eigenvalue weighted by molar-refractivity contribution is 5.95. The van der Waals surface area contributed by atoms with Crippen LogP contribution in [0, 0.1) is 17.5 Å². The van der Waals surface area contributed by atoms with Gasteiger partial charge < -0.3 is 15.5 Å². The van der Waals surface area contributed by atoms with E-state index in [0.717, 1.165) is 31.0 Å². The number of carbonyl (C=O) groups is 1. The number of hydrogen-bond donors (Lipinski definition) is 1. The summed E-state index contributed by atoms with van der Waals surface area (Å²) in [5.74, 6) is -0.992. The summed E-state index contributed by atoms with van der Waals surface area (Å²) in [6, 6.07) is 6.90. The van der Waals surface area contributed by atoms with Gasteiger partial charge in [0, 0.05) is 42.4 Å². The van der Waals surface area contributed by atoms with Crippen molar-refractivity contribution in [3.63, 3.8) is 0 Å². The van der Waals surface area contributed by atoms with E-state index >= 15 is 4.39 Å². The van der Waals surface area contributed by atoms with Crippen molar-refractivity contribution in [2.24, 2.45) is 0 Å². The molecule has 2 aromatic carbocycles. The van der Waals surface area contributed by atoms with Crippen LogP contribution in [0.2, 0.25) is 0 Å². The number of halogens is 3. The van der Waals surface area contributed by atoms with Crippen LogP contribution in [-0.2, 0) is 0 Å². The lowest BCUT2D eigenvalue weighted by atomic mass is 9.93. The lowest BCUT2D eigenvalue weighted by Gasteiger charge is -2.23. The lowest BCUT2D eigenvalue weighted by molar-refractivity contribution is 0.201. The van der Waals surface area contributed by atoms with Crippen LogP contribution < -0.4 is 15.5 Å². The van der Waals surface area contributed by atoms with E-state index in [-0.39, 0.29) is 30.1 Å². The zero-order chi connectivity index (χ0) is 24.4. The Bertz CT molecular complexity index is 1350. The van der Waals surface area contributed by atoms with E-state index in [0.29, 0.717) is 35.0 Å². The Morgan fingerprint density at radius 2 is 1.77 bits per heavy atom. The van der Waals surface area contributed by atoms with Gasteiger partial charge in [0.1, 0.15) is 35.4 Å². The molecule has 3 aromatic rings. The van der Waals surface area contributed by atoms with Crippen LogP contribution >= 0.6 is 0 Å². The Balaban J connectivity index is 1.34. The number of benzene rings is 2. The minimum absolute atomic E-state index is 0.0298. The summed E-state index contributed by atoms with van der Waals surface area (Å²) < 4.78 is 44.0. The zero-order valence-electron chi connectivity index (χ0n) is 19.0. The Morgan fingerprint density at radius 3 is 2.51 bits per heavy atom. The number of rotatable bonds is 4. The second-order valence-corrected chi connectivity index (χ2v) is 9.35. The molecule has 35 heavy (non-hydrogen) atoms. The van der Waals surface area contributed by atoms with E-state index in [4.69, 9.17) is 5.73 Å². The summed E-state index contributed by atoms with van der Waals surface area (Å²) in [5, 5.41) is 0. The molecule has 3 aliphatic rings. The standard InChI is InChI=1S/C25H23F3N6O/c1-32-10-18(22-23(29)30-12-31-24(22)32)16-6-5-15(9-20(16)28)33-11-21(34(25(33)35)14-3-4-14)17-8-13(26)2-7-19(17)27/h2,5-9,12,14,18,21H,3-4,10-11H2,1H3,(H2,29,30,31). The number of fused-ring (bicyclic) bond motifs is 1. The van der Waals surface area contributed by atoms with Gasteiger partial charge in [0.05, 0.1) is 12.6 Å². The summed E-state index contributed by atoms with van der Waals surface area (Å²) in [6.45, 7) is 0.595. The van der Waals surface area contributed by atoms with Crippen molar-refractivity contribution >= 4 is 23.4 Å². The topological polar surface area (TPSA) is 78.6 Å². The fourth-order valence-electron chi connectivity index (χ4n) is 5.32. The number of nitrogens with two attached hydrogens (primary N) is 1. The van der Waals surface area contributed by atoms with E-state index < -0.39 is 23.5 Å². The minimum atomic E-state index is -0.652. The highest BCUT2D eigenvalue weighted by Gasteiger charge is 2.47. The van der Waals surface area contributed by atoms with Crippen molar-refractivity contribution in [3.8, 4) is 0 Å². The maximum Gasteiger partial charge on any atom is 0.325 e. The molecular formula is C25H23F3N6O. The number of nitrogen functional groups attached to an aromatic ring is 1. The van der Waals surface area contributed by atoms with Crippen molar-refractivity contribution in [1.82, 2.24) is 14.9 Å². The first-order valence-electron chi connectivity index (χ1n) is 11.5. The number of aromatic nitrogens is 2. The molecule has 0 radical (unpaired) electrons. The van der Waals surface area contributed by atoms with E-state index in [1.54, 1.807) is 17.0 Å². The first kappa shape index (κ1) is 21.7. The molecule has 10 heteroatoms. The van der Waals surface area contributed by atoms with E-state index in [9.17, 15) is 13.6 Å². The largest absolute Gasteiger partial charge is 0.383 e. The highest BCUT2D eigenvalue weighted by atomic mass is 19.1. The number of carbonyl (C=O) groups excluding carboxylic acids is 1. The molecule has 1 aliphatic carbocycles. The first-order chi connectivity index (χ1) is 16.8. The third kappa shape index (κ3) is 3.46. The summed E-state index contributed by atoms with van der Waals surface area (Å²) in [4.78, 5) is 26.6. The summed E-state index contributed by atoms with van der Waals surface area (Å²) >= 11 is 0. The van der Waals surface area contributed by atoms with Crippen LogP contribution in [0.4, 0.5) is 35.3 Å². The van der Waals surface area contributed by atoms with Crippen LogP contribution in [0.3, 0.4) is 0 Å². The van der Waals surface area contributed by atoms with E-state index in [1.807, 2.05) is 11.9 Å². The van der Waals surface area contributed by atoms with Crippen molar-refractivity contribution in [1.29, 1.82) is 0 Å². The van der Waals surface area contributed by atoms with Crippen LogP contribution in [-0.4, -0.2) is 47.1 Å². The molecular weight excluding hydrogens is 457 g/mol. The van der Waals surface area contributed by atoms with Gasteiger partial charge >= 0.3 is 6.03 Å². The molecule has 1 saturated heterocycles. The second kappa shape index (κ2) is 7.86. The maximum atomic E-state index is 15.5. The maximum absolute atomic E-state index is 15.5. The SMILES string of the molecule is CN1CC(c2ccc(N3CC(c4cc(F)ccc4F)N(C4CC4)C3=O)cc2F)c2c(N)ncnc21. The molecule has 2 amide bonds. The molecule has 2 atom stereocenters. The number of likely N-dealkylation sites (N-methyl/N-ethyl adjacent to an activating group) is 1. The van der Waals surface area contributed by atoms with Crippen LogP contribution in [0.15, 0.2) is 42.7 Å². The third-order valence-corrected chi connectivity index (χ3v) is 7.13. The van der Waals surface area contributed by atoms with Crippen LogP contribution in [0.25, 0.3) is 0 Å². The molecule has 0 spiro atoms. The predicted octanol–water partition coefficient (Wildman–Crippen LogP) is 4.20. The van der Waals surface area contributed by atoms with Crippen molar-refractivity contribution in [2.75, 3.05) is 35.7 Å². The van der Waals surface area contributed by atoms with Gasteiger partial charge in [-0.2, -0.15) is 0 Å². The van der Waals surface area contributed by atoms with Gasteiger partial charge in [-0.15, -0.1) is 0 Å². The van der Waals surface area contributed by atoms with E-state index in [1.165, 1.54) is 17.3 Å². The zero-order valence-corrected chi connectivity index (χ0v) is 19.0. The smallest absolute Gasteiger partial charge is 0.325 e. The van der Waals surface area contributed by atoms with E-state index in [2.05, 4.69) is 9.97 Å². The number of hydrogen-bond acceptors (Lipinski definition) is 5. The third-order valence-electron chi connectivity index (χ3n) is 7.13. The molecule has 2 unspecified atom stereocenters. The normalized spacial score (nSPS) is 21.7. The number of urea groups is 1. The minimum Gasteiger partial charge on any atom is -0.383 e. The average Bonchev–Trinajstić information content (AvgIpc) is 3.53. The lowest BCUT2D eigenvalue weighted by Crippen LogP contribution is -2.34. The summed E-state index contributed by atoms with van der Waals surface area (Å²) in [7, 11) is 1.86. The molecule has 180 valence electrons. The molecule has 2 aliphatic heterocycles. The Hall–Kier alpha value is -3.82. The second-order valence-electron chi connectivity index (χ2n) is 9.35. The molecule has 0 bridgehead atoms. The van der Waals surface area contributed by atoms with Gasteiger partial charge in [-0.3, -0.25) is 4.90 Å². The monoisotopic (exact) mass is 480 g/mol. The Kier molecular flexibility index (Phi) is 4.87. The van der Waals surface area contributed by atoms with Gasteiger partial charge in [0.2, 0.25) is 0 Å². The quantitative estimate of drug-likeness (QED) is 0.606. The number of anilines is 3.